The molecular formula is C26H50O6. The first-order chi connectivity index (χ1) is 15.5. The molecule has 1 atom stereocenters. The molecule has 1 unspecified atom stereocenters. The second-order valence-corrected chi connectivity index (χ2v) is 9.81. The molecule has 2 aliphatic heterocycles. The highest BCUT2D eigenvalue weighted by Crippen LogP contribution is 2.38. The molecule has 0 radical (unpaired) electrons. The van der Waals surface area contributed by atoms with Gasteiger partial charge in [0.25, 0.3) is 0 Å². The van der Waals surface area contributed by atoms with E-state index in [1.54, 1.807) is 0 Å². The summed E-state index contributed by atoms with van der Waals surface area (Å²) >= 11 is 0. The van der Waals surface area contributed by atoms with Crippen LogP contribution in [0.4, 0.5) is 0 Å². The van der Waals surface area contributed by atoms with E-state index in [1.165, 1.54) is 32.1 Å². The van der Waals surface area contributed by atoms with Crippen molar-refractivity contribution in [2.75, 3.05) is 52.9 Å². The van der Waals surface area contributed by atoms with Crippen molar-refractivity contribution in [3.05, 3.63) is 0 Å². The molecular weight excluding hydrogens is 408 g/mol. The smallest absolute Gasteiger partial charge is 0.310 e. The Balaban J connectivity index is 2.10. The summed E-state index contributed by atoms with van der Waals surface area (Å²) in [5, 5.41) is 0. The molecule has 2 heterocycles. The summed E-state index contributed by atoms with van der Waals surface area (Å²) in [5.74, 6) is -1.18. The average molecular weight is 459 g/mol. The van der Waals surface area contributed by atoms with Crippen LogP contribution in [0.25, 0.3) is 0 Å². The molecule has 0 aromatic carbocycles. The molecule has 0 saturated carbocycles. The van der Waals surface area contributed by atoms with E-state index >= 15 is 0 Å². The third-order valence-corrected chi connectivity index (χ3v) is 7.21. The van der Waals surface area contributed by atoms with Gasteiger partial charge in [0, 0.05) is 24.0 Å². The number of hydrogen-bond donors (Lipinski definition) is 0. The van der Waals surface area contributed by atoms with Gasteiger partial charge in [-0.25, -0.2) is 0 Å². The van der Waals surface area contributed by atoms with Crippen molar-refractivity contribution in [2.24, 2.45) is 10.8 Å². The first-order valence-corrected chi connectivity index (χ1v) is 13.2. The van der Waals surface area contributed by atoms with Crippen LogP contribution in [0, 0.1) is 10.8 Å². The van der Waals surface area contributed by atoms with Gasteiger partial charge in [-0.1, -0.05) is 59.3 Å². The van der Waals surface area contributed by atoms with Crippen molar-refractivity contribution in [1.29, 1.82) is 0 Å². The standard InChI is InChI=1S/C26H50O6/c1-6-11-12-13-14-15-16-23(29-21-24(7-2)17-27-18-24)26(30-9-4,31-10-5)32-22-25(8-3)19-28-20-25/h23H,6-22H2,1-5H3. The lowest BCUT2D eigenvalue weighted by Gasteiger charge is -2.46. The normalized spacial score (nSPS) is 20.5. The zero-order chi connectivity index (χ0) is 23.3. The molecule has 2 fully saturated rings. The lowest BCUT2D eigenvalue weighted by atomic mass is 9.84. The van der Waals surface area contributed by atoms with Gasteiger partial charge in [0.05, 0.1) is 39.6 Å². The monoisotopic (exact) mass is 458 g/mol. The van der Waals surface area contributed by atoms with Gasteiger partial charge in [-0.2, -0.15) is 0 Å². The Kier molecular flexibility index (Phi) is 12.4. The fraction of sp³-hybridized carbons (Fsp3) is 1.00. The quantitative estimate of drug-likeness (QED) is 0.172. The Morgan fingerprint density at radius 3 is 1.69 bits per heavy atom. The fourth-order valence-corrected chi connectivity index (χ4v) is 4.37. The van der Waals surface area contributed by atoms with Gasteiger partial charge < -0.3 is 28.4 Å². The van der Waals surface area contributed by atoms with Crippen molar-refractivity contribution in [3.8, 4) is 0 Å². The second-order valence-electron chi connectivity index (χ2n) is 9.81. The SMILES string of the molecule is CCCCCCCCC(OCC1(CC)COC1)C(OCC)(OCC)OCC1(CC)COC1. The van der Waals surface area contributed by atoms with E-state index in [9.17, 15) is 0 Å². The molecule has 0 N–H and O–H groups in total. The number of ether oxygens (including phenoxy) is 6. The zero-order valence-electron chi connectivity index (χ0n) is 21.5. The summed E-state index contributed by atoms with van der Waals surface area (Å²) in [7, 11) is 0. The van der Waals surface area contributed by atoms with E-state index in [1.807, 2.05) is 13.8 Å². The lowest BCUT2D eigenvalue weighted by Crippen LogP contribution is -2.56. The predicted octanol–water partition coefficient (Wildman–Crippen LogP) is 5.72. The molecule has 0 aliphatic carbocycles. The Morgan fingerprint density at radius 1 is 0.688 bits per heavy atom. The van der Waals surface area contributed by atoms with E-state index in [0.717, 1.165) is 52.1 Å². The van der Waals surface area contributed by atoms with Crippen molar-refractivity contribution < 1.29 is 28.4 Å². The summed E-state index contributed by atoms with van der Waals surface area (Å²) in [6.07, 6.45) is 10.1. The molecule has 0 aromatic rings. The minimum absolute atomic E-state index is 0.0522. The van der Waals surface area contributed by atoms with Crippen molar-refractivity contribution in [3.63, 3.8) is 0 Å². The number of unbranched alkanes of at least 4 members (excludes halogenated alkanes) is 5. The summed E-state index contributed by atoms with van der Waals surface area (Å²) < 4.78 is 36.7. The molecule has 0 aromatic heterocycles. The van der Waals surface area contributed by atoms with E-state index in [4.69, 9.17) is 28.4 Å². The molecule has 0 spiro atoms. The van der Waals surface area contributed by atoms with Crippen LogP contribution in [0.5, 0.6) is 0 Å². The summed E-state index contributed by atoms with van der Waals surface area (Å²) in [6.45, 7) is 15.9. The highest BCUT2D eigenvalue weighted by molar-refractivity contribution is 4.87. The first kappa shape index (κ1) is 28.0. The maximum atomic E-state index is 6.60. The molecule has 6 nitrogen and oxygen atoms in total. The zero-order valence-corrected chi connectivity index (χ0v) is 21.5. The van der Waals surface area contributed by atoms with Gasteiger partial charge >= 0.3 is 5.97 Å². The molecule has 2 saturated heterocycles. The van der Waals surface area contributed by atoms with Gasteiger partial charge in [0.2, 0.25) is 0 Å². The molecule has 6 heteroatoms. The van der Waals surface area contributed by atoms with Gasteiger partial charge in [0.1, 0.15) is 6.10 Å². The predicted molar refractivity (Wildman–Crippen MR) is 127 cm³/mol. The van der Waals surface area contributed by atoms with Crippen LogP contribution >= 0.6 is 0 Å². The highest BCUT2D eigenvalue weighted by Gasteiger charge is 2.48. The van der Waals surface area contributed by atoms with Crippen molar-refractivity contribution >= 4 is 0 Å². The molecule has 0 amide bonds. The third-order valence-electron chi connectivity index (χ3n) is 7.21. The van der Waals surface area contributed by atoms with Crippen LogP contribution in [0.1, 0.15) is 92.4 Å². The number of hydrogen-bond acceptors (Lipinski definition) is 6. The highest BCUT2D eigenvalue weighted by atomic mass is 16.9. The fourth-order valence-electron chi connectivity index (χ4n) is 4.37. The summed E-state index contributed by atoms with van der Waals surface area (Å²) in [5.41, 5.74) is 0.159. The minimum Gasteiger partial charge on any atom is -0.380 e. The van der Waals surface area contributed by atoms with E-state index in [0.29, 0.717) is 26.4 Å². The topological polar surface area (TPSA) is 55.4 Å². The van der Waals surface area contributed by atoms with Gasteiger partial charge in [-0.3, -0.25) is 0 Å². The largest absolute Gasteiger partial charge is 0.380 e. The van der Waals surface area contributed by atoms with Crippen LogP contribution < -0.4 is 0 Å². The van der Waals surface area contributed by atoms with Gasteiger partial charge in [-0.05, 0) is 33.1 Å². The molecule has 2 rings (SSSR count). The molecule has 190 valence electrons. The van der Waals surface area contributed by atoms with Gasteiger partial charge in [-0.15, -0.1) is 0 Å². The van der Waals surface area contributed by atoms with Crippen molar-refractivity contribution in [1.82, 2.24) is 0 Å². The summed E-state index contributed by atoms with van der Waals surface area (Å²) in [6, 6.07) is 0. The third kappa shape index (κ3) is 7.64. The maximum absolute atomic E-state index is 6.60. The van der Waals surface area contributed by atoms with Crippen LogP contribution in [-0.2, 0) is 28.4 Å². The van der Waals surface area contributed by atoms with E-state index in [-0.39, 0.29) is 16.9 Å². The average Bonchev–Trinajstić information content (AvgIpc) is 2.74. The van der Waals surface area contributed by atoms with Gasteiger partial charge in [0.15, 0.2) is 0 Å². The Labute approximate surface area is 197 Å². The lowest BCUT2D eigenvalue weighted by molar-refractivity contribution is -0.427. The molecule has 2 aliphatic rings. The van der Waals surface area contributed by atoms with E-state index < -0.39 is 5.97 Å². The van der Waals surface area contributed by atoms with Crippen LogP contribution in [-0.4, -0.2) is 64.9 Å². The Morgan fingerprint density at radius 2 is 1.22 bits per heavy atom. The van der Waals surface area contributed by atoms with Crippen molar-refractivity contribution in [2.45, 2.75) is 104 Å². The van der Waals surface area contributed by atoms with Crippen LogP contribution in [0.2, 0.25) is 0 Å². The van der Waals surface area contributed by atoms with Crippen LogP contribution in [0.3, 0.4) is 0 Å². The first-order valence-electron chi connectivity index (χ1n) is 13.2. The minimum atomic E-state index is -1.18. The Bertz CT molecular complexity index is 472. The van der Waals surface area contributed by atoms with E-state index in [2.05, 4.69) is 20.8 Å². The summed E-state index contributed by atoms with van der Waals surface area (Å²) in [4.78, 5) is 0. The van der Waals surface area contributed by atoms with Crippen LogP contribution in [0.15, 0.2) is 0 Å². The number of rotatable bonds is 20. The second kappa shape index (κ2) is 14.2. The Hall–Kier alpha value is -0.240. The molecule has 32 heavy (non-hydrogen) atoms. The molecule has 0 bridgehead atoms. The maximum Gasteiger partial charge on any atom is 0.310 e.